The molecule has 14 atom stereocenters. The lowest BCUT2D eigenvalue weighted by atomic mass is 9.77. The van der Waals surface area contributed by atoms with Crippen LogP contribution in [0.4, 0.5) is 0 Å². The lowest BCUT2D eigenvalue weighted by molar-refractivity contribution is -0.282. The quantitative estimate of drug-likeness (QED) is 0.0516. The van der Waals surface area contributed by atoms with Crippen LogP contribution in [0.1, 0.15) is 58.8 Å². The van der Waals surface area contributed by atoms with E-state index >= 15 is 0 Å². The van der Waals surface area contributed by atoms with E-state index in [1.807, 2.05) is 0 Å². The Labute approximate surface area is 295 Å². The summed E-state index contributed by atoms with van der Waals surface area (Å²) in [6.45, 7) is 3.04. The van der Waals surface area contributed by atoms with Gasteiger partial charge in [0.2, 0.25) is 0 Å². The highest BCUT2D eigenvalue weighted by molar-refractivity contribution is 7.33. The van der Waals surface area contributed by atoms with Crippen molar-refractivity contribution in [1.29, 1.82) is 0 Å². The molecule has 1 aliphatic heterocycles. The zero-order chi connectivity index (χ0) is 37.1. The van der Waals surface area contributed by atoms with Crippen LogP contribution in [0.2, 0.25) is 0 Å². The van der Waals surface area contributed by atoms with E-state index in [0.717, 1.165) is 0 Å². The van der Waals surface area contributed by atoms with Crippen molar-refractivity contribution in [3.8, 4) is 0 Å². The summed E-state index contributed by atoms with van der Waals surface area (Å²) in [5.41, 5.74) is 0. The first-order valence-electron chi connectivity index (χ1n) is 16.9. The summed E-state index contributed by atoms with van der Waals surface area (Å²) in [6, 6.07) is 0. The van der Waals surface area contributed by atoms with Gasteiger partial charge in [-0.05, 0) is 44.9 Å². The molecule has 0 bridgehead atoms. The monoisotopic (exact) mass is 785 g/mol. The number of unbranched alkanes of at least 4 members (excludes halogenated alkanes) is 4. The van der Waals surface area contributed by atoms with Gasteiger partial charge in [0, 0.05) is 51.3 Å². The number of aliphatic hydroxyl groups is 6. The van der Waals surface area contributed by atoms with Gasteiger partial charge in [0.25, 0.3) is 0 Å². The molecular formula is C29H56O18P3+3. The maximum atomic E-state index is 12.2. The van der Waals surface area contributed by atoms with Crippen LogP contribution >= 0.6 is 24.8 Å². The van der Waals surface area contributed by atoms with Crippen molar-refractivity contribution in [1.82, 2.24) is 0 Å². The van der Waals surface area contributed by atoms with Crippen molar-refractivity contribution in [3.63, 3.8) is 0 Å². The van der Waals surface area contributed by atoms with E-state index in [4.69, 9.17) is 36.8 Å². The molecule has 1 saturated carbocycles. The minimum Gasteiger partial charge on any atom is -0.396 e. The molecule has 1 saturated heterocycles. The maximum absolute atomic E-state index is 12.2. The zero-order valence-electron chi connectivity index (χ0n) is 28.9. The highest BCUT2D eigenvalue weighted by Crippen LogP contribution is 2.33. The maximum Gasteiger partial charge on any atom is 0.697 e. The average Bonchev–Trinajstić information content (AvgIpc) is 3.11. The van der Waals surface area contributed by atoms with Gasteiger partial charge < -0.3 is 44.8 Å². The van der Waals surface area contributed by atoms with Crippen LogP contribution in [0.3, 0.4) is 0 Å². The Morgan fingerprint density at radius 2 is 1.20 bits per heavy atom. The first-order chi connectivity index (χ1) is 23.9. The molecule has 1 aliphatic carbocycles. The fraction of sp³-hybridized carbons (Fsp3) is 1.00. The van der Waals surface area contributed by atoms with Crippen molar-refractivity contribution in [2.45, 2.75) is 108 Å². The molecule has 2 fully saturated rings. The van der Waals surface area contributed by atoms with Crippen LogP contribution in [0.15, 0.2) is 0 Å². The summed E-state index contributed by atoms with van der Waals surface area (Å²) >= 11 is 0. The van der Waals surface area contributed by atoms with Crippen molar-refractivity contribution < 1.29 is 85.7 Å². The number of aliphatic hydroxyl groups excluding tert-OH is 6. The first kappa shape index (κ1) is 45.9. The van der Waals surface area contributed by atoms with Crippen LogP contribution in [-0.4, -0.2) is 140 Å². The average molecular weight is 786 g/mol. The largest absolute Gasteiger partial charge is 0.697 e. The molecule has 292 valence electrons. The summed E-state index contributed by atoms with van der Waals surface area (Å²) in [7, 11) is -6.47. The first-order valence-corrected chi connectivity index (χ1v) is 20.2. The normalized spacial score (nSPS) is 31.7. The third kappa shape index (κ3) is 16.4. The highest BCUT2D eigenvalue weighted by atomic mass is 31.1. The lowest BCUT2D eigenvalue weighted by Crippen LogP contribution is -2.55. The van der Waals surface area contributed by atoms with Crippen molar-refractivity contribution in [2.24, 2.45) is 17.8 Å². The van der Waals surface area contributed by atoms with E-state index in [2.05, 4.69) is 4.52 Å². The molecule has 50 heavy (non-hydrogen) atoms. The van der Waals surface area contributed by atoms with Crippen molar-refractivity contribution >= 4 is 24.8 Å². The van der Waals surface area contributed by atoms with E-state index in [0.29, 0.717) is 58.2 Å². The van der Waals surface area contributed by atoms with Crippen molar-refractivity contribution in [3.05, 3.63) is 0 Å². The topological polar surface area (TPSA) is 256 Å². The molecule has 21 heteroatoms. The molecular weight excluding hydrogens is 729 g/mol. The second-order valence-electron chi connectivity index (χ2n) is 12.3. The molecule has 0 amide bonds. The number of hydrogen-bond donors (Lipinski definition) is 6. The summed E-state index contributed by atoms with van der Waals surface area (Å²) in [6.07, 6.45) is -3.07. The molecule has 0 spiro atoms. The Morgan fingerprint density at radius 3 is 1.74 bits per heavy atom. The molecule has 14 unspecified atom stereocenters. The number of rotatable bonds is 27. The Bertz CT molecular complexity index is 914. The van der Waals surface area contributed by atoms with E-state index in [-0.39, 0.29) is 45.1 Å². The van der Waals surface area contributed by atoms with E-state index in [1.54, 1.807) is 13.8 Å². The highest BCUT2D eigenvalue weighted by Gasteiger charge is 2.43. The Kier molecular flexibility index (Phi) is 23.5. The summed E-state index contributed by atoms with van der Waals surface area (Å²) in [5.74, 6) is -1.18. The standard InChI is InChI=1S/C29H56O18P3/c1-19-23(14-21(15-30)27(34)25(19)32)40-10-6-4-8-12-42-49(37)44-17-22(47-48(36)39-3)18-45-50(38)43-13-9-5-7-11-41-29-20(2)26(33)28(35)24(16-31)46-29/h19-35H,4-18H2,1-3H3/q+3. The fourth-order valence-electron chi connectivity index (χ4n) is 5.39. The second kappa shape index (κ2) is 25.7. The molecule has 2 rings (SSSR count). The molecule has 0 radical (unpaired) electrons. The van der Waals surface area contributed by atoms with Crippen LogP contribution in [0, 0.1) is 17.8 Å². The van der Waals surface area contributed by atoms with Gasteiger partial charge in [-0.15, -0.1) is 27.1 Å². The SMILES string of the molecule is CO[P+](=O)OC(CO[P+](=O)OCCCCCOC1CC(CO)C(O)C(O)C1C)CO[P+](=O)OCCCCCOC1OC(CO)C(O)C(O)C1C. The molecule has 2 aliphatic rings. The summed E-state index contributed by atoms with van der Waals surface area (Å²) < 4.78 is 83.6. The molecule has 1 heterocycles. The number of hydrogen-bond acceptors (Lipinski definition) is 18. The van der Waals surface area contributed by atoms with Gasteiger partial charge in [-0.2, -0.15) is 0 Å². The van der Waals surface area contributed by atoms with Crippen LogP contribution in [-0.2, 0) is 55.0 Å². The lowest BCUT2D eigenvalue weighted by Gasteiger charge is -2.40. The Balaban J connectivity index is 1.55. The van der Waals surface area contributed by atoms with Gasteiger partial charge in [-0.25, -0.2) is 0 Å². The molecule has 0 aromatic heterocycles. The van der Waals surface area contributed by atoms with Crippen LogP contribution in [0.5, 0.6) is 0 Å². The van der Waals surface area contributed by atoms with Gasteiger partial charge in [0.05, 0.1) is 38.1 Å². The van der Waals surface area contributed by atoms with E-state index in [9.17, 15) is 44.3 Å². The Morgan fingerprint density at radius 1 is 0.660 bits per heavy atom. The van der Waals surface area contributed by atoms with Crippen LogP contribution < -0.4 is 0 Å². The van der Waals surface area contributed by atoms with Gasteiger partial charge >= 0.3 is 24.8 Å². The van der Waals surface area contributed by atoms with Gasteiger partial charge in [0.15, 0.2) is 12.4 Å². The third-order valence-corrected chi connectivity index (χ3v) is 10.9. The van der Waals surface area contributed by atoms with Gasteiger partial charge in [0.1, 0.15) is 38.6 Å². The molecule has 0 aromatic rings. The third-order valence-electron chi connectivity index (χ3n) is 8.62. The fourth-order valence-corrected chi connectivity index (χ4v) is 7.12. The van der Waals surface area contributed by atoms with Crippen molar-refractivity contribution in [2.75, 3.05) is 60.0 Å². The molecule has 18 nitrogen and oxygen atoms in total. The smallest absolute Gasteiger partial charge is 0.396 e. The Hall–Kier alpha value is -0.300. The molecule has 0 aromatic carbocycles. The predicted molar refractivity (Wildman–Crippen MR) is 175 cm³/mol. The summed E-state index contributed by atoms with van der Waals surface area (Å²) in [4.78, 5) is 0. The zero-order valence-corrected chi connectivity index (χ0v) is 31.6. The summed E-state index contributed by atoms with van der Waals surface area (Å²) in [5, 5.41) is 59.0. The molecule has 6 N–H and O–H groups in total. The van der Waals surface area contributed by atoms with E-state index in [1.165, 1.54) is 7.11 Å². The second-order valence-corrected chi connectivity index (χ2v) is 15.3. The predicted octanol–water partition coefficient (Wildman–Crippen LogP) is 2.24. The van der Waals surface area contributed by atoms with E-state index < -0.39 is 86.1 Å². The van der Waals surface area contributed by atoms with Crippen LogP contribution in [0.25, 0.3) is 0 Å². The van der Waals surface area contributed by atoms with Gasteiger partial charge in [-0.3, -0.25) is 0 Å². The minimum absolute atomic E-state index is 0.111. The number of ether oxygens (including phenoxy) is 3. The minimum atomic E-state index is -2.55. The van der Waals surface area contributed by atoms with Gasteiger partial charge in [-0.1, -0.05) is 13.8 Å².